The maximum Gasteiger partial charge on any atom is 0.415 e. The lowest BCUT2D eigenvalue weighted by molar-refractivity contribution is -0.109. The number of alkyl halides is 4. The minimum Gasteiger partial charge on any atom is -0.328 e. The van der Waals surface area contributed by atoms with Crippen LogP contribution in [0.2, 0.25) is 0 Å². The van der Waals surface area contributed by atoms with E-state index >= 15 is 0 Å². The standard InChI is InChI=1S/C8H11F4N/c1-5(8(10,11)12)7(9)3-2-6(13)4-7/h6H,1-4,13H2. The van der Waals surface area contributed by atoms with Crippen LogP contribution in [0.4, 0.5) is 17.6 Å². The Morgan fingerprint density at radius 1 is 1.46 bits per heavy atom. The SMILES string of the molecule is C=C(C(F)(F)F)C1(F)CCC(N)C1. The third-order valence-electron chi connectivity index (χ3n) is 2.38. The van der Waals surface area contributed by atoms with Crippen molar-refractivity contribution in [3.63, 3.8) is 0 Å². The van der Waals surface area contributed by atoms with Gasteiger partial charge in [-0.1, -0.05) is 6.58 Å². The summed E-state index contributed by atoms with van der Waals surface area (Å²) in [6.07, 6.45) is -4.82. The van der Waals surface area contributed by atoms with E-state index in [1.165, 1.54) is 0 Å². The molecule has 2 N–H and O–H groups in total. The van der Waals surface area contributed by atoms with Gasteiger partial charge in [0.15, 0.2) is 0 Å². The molecule has 1 fully saturated rings. The van der Waals surface area contributed by atoms with Gasteiger partial charge in [-0.05, 0) is 12.8 Å². The fraction of sp³-hybridized carbons (Fsp3) is 0.750. The summed E-state index contributed by atoms with van der Waals surface area (Å²) in [6, 6.07) is -0.482. The topological polar surface area (TPSA) is 26.0 Å². The molecule has 0 amide bonds. The van der Waals surface area contributed by atoms with Gasteiger partial charge in [-0.25, -0.2) is 4.39 Å². The second-order valence-corrected chi connectivity index (χ2v) is 3.44. The fourth-order valence-electron chi connectivity index (χ4n) is 1.56. The molecule has 0 aliphatic heterocycles. The van der Waals surface area contributed by atoms with Crippen LogP contribution in [0.3, 0.4) is 0 Å². The van der Waals surface area contributed by atoms with E-state index in [0.29, 0.717) is 0 Å². The van der Waals surface area contributed by atoms with Crippen LogP contribution >= 0.6 is 0 Å². The molecule has 0 aromatic rings. The Kier molecular flexibility index (Phi) is 2.40. The number of hydrogen-bond donors (Lipinski definition) is 1. The summed E-state index contributed by atoms with van der Waals surface area (Å²) in [6.45, 7) is 2.76. The Balaban J connectivity index is 2.77. The minimum absolute atomic E-state index is 0.174. The van der Waals surface area contributed by atoms with Crippen molar-refractivity contribution >= 4 is 0 Å². The zero-order valence-electron chi connectivity index (χ0n) is 6.99. The molecule has 1 aliphatic carbocycles. The number of allylic oxidation sites excluding steroid dienone is 1. The van der Waals surface area contributed by atoms with Gasteiger partial charge in [-0.3, -0.25) is 0 Å². The molecule has 76 valence electrons. The average Bonchev–Trinajstić information content (AvgIpc) is 2.29. The van der Waals surface area contributed by atoms with Crippen LogP contribution in [0.1, 0.15) is 19.3 Å². The molecule has 0 heterocycles. The van der Waals surface area contributed by atoms with Gasteiger partial charge in [-0.2, -0.15) is 13.2 Å². The van der Waals surface area contributed by atoms with E-state index in [0.717, 1.165) is 0 Å². The largest absolute Gasteiger partial charge is 0.415 e. The lowest BCUT2D eigenvalue weighted by Gasteiger charge is -2.23. The van der Waals surface area contributed by atoms with Gasteiger partial charge in [0.2, 0.25) is 0 Å². The molecule has 0 aromatic heterocycles. The molecule has 0 aromatic carbocycles. The lowest BCUT2D eigenvalue weighted by Crippen LogP contribution is -2.32. The predicted molar refractivity (Wildman–Crippen MR) is 40.9 cm³/mol. The van der Waals surface area contributed by atoms with E-state index in [4.69, 9.17) is 5.73 Å². The maximum atomic E-state index is 13.6. The van der Waals surface area contributed by atoms with Crippen molar-refractivity contribution < 1.29 is 17.6 Å². The maximum absolute atomic E-state index is 13.6. The molecule has 0 spiro atoms. The second kappa shape index (κ2) is 2.97. The van der Waals surface area contributed by atoms with E-state index in [1.54, 1.807) is 0 Å². The molecular weight excluding hydrogens is 186 g/mol. The molecule has 1 saturated carbocycles. The van der Waals surface area contributed by atoms with Crippen molar-refractivity contribution in [2.45, 2.75) is 37.1 Å². The molecule has 13 heavy (non-hydrogen) atoms. The van der Waals surface area contributed by atoms with Crippen molar-refractivity contribution in [2.75, 3.05) is 0 Å². The van der Waals surface area contributed by atoms with Crippen molar-refractivity contribution in [1.29, 1.82) is 0 Å². The van der Waals surface area contributed by atoms with Crippen LogP contribution in [0.5, 0.6) is 0 Å². The molecule has 1 aliphatic rings. The van der Waals surface area contributed by atoms with Crippen molar-refractivity contribution in [1.82, 2.24) is 0 Å². The summed E-state index contributed by atoms with van der Waals surface area (Å²) in [4.78, 5) is 0. The van der Waals surface area contributed by atoms with Gasteiger partial charge in [0.25, 0.3) is 0 Å². The zero-order chi connectivity index (χ0) is 10.3. The van der Waals surface area contributed by atoms with E-state index in [1.807, 2.05) is 0 Å². The van der Waals surface area contributed by atoms with Crippen LogP contribution in [0.25, 0.3) is 0 Å². The van der Waals surface area contributed by atoms with Gasteiger partial charge in [-0.15, -0.1) is 0 Å². The van der Waals surface area contributed by atoms with Crippen molar-refractivity contribution in [3.8, 4) is 0 Å². The zero-order valence-corrected chi connectivity index (χ0v) is 6.99. The normalized spacial score (nSPS) is 35.0. The minimum atomic E-state index is -4.65. The Hall–Kier alpha value is -0.580. The molecule has 1 rings (SSSR count). The highest BCUT2D eigenvalue weighted by Crippen LogP contribution is 2.44. The number of rotatable bonds is 1. The van der Waals surface area contributed by atoms with Crippen LogP contribution in [0.15, 0.2) is 12.2 Å². The summed E-state index contributed by atoms with van der Waals surface area (Å²) < 4.78 is 49.8. The van der Waals surface area contributed by atoms with Crippen molar-refractivity contribution in [3.05, 3.63) is 12.2 Å². The molecule has 2 unspecified atom stereocenters. The number of hydrogen-bond acceptors (Lipinski definition) is 1. The van der Waals surface area contributed by atoms with E-state index in [9.17, 15) is 17.6 Å². The Labute approximate surface area is 73.6 Å². The molecule has 0 radical (unpaired) electrons. The second-order valence-electron chi connectivity index (χ2n) is 3.44. The summed E-state index contributed by atoms with van der Waals surface area (Å²) in [5.41, 5.74) is 1.71. The third-order valence-corrected chi connectivity index (χ3v) is 2.38. The molecule has 2 atom stereocenters. The van der Waals surface area contributed by atoms with E-state index < -0.39 is 23.5 Å². The molecular formula is C8H11F4N. The van der Waals surface area contributed by atoms with Crippen LogP contribution < -0.4 is 5.73 Å². The van der Waals surface area contributed by atoms with Crippen molar-refractivity contribution in [2.24, 2.45) is 5.73 Å². The van der Waals surface area contributed by atoms with Crippen LogP contribution in [-0.2, 0) is 0 Å². The van der Waals surface area contributed by atoms with Crippen LogP contribution in [0, 0.1) is 0 Å². The first-order valence-electron chi connectivity index (χ1n) is 3.97. The first-order chi connectivity index (χ1) is 5.76. The Morgan fingerprint density at radius 3 is 2.31 bits per heavy atom. The average molecular weight is 197 g/mol. The predicted octanol–water partition coefficient (Wildman–Crippen LogP) is 2.32. The summed E-state index contributed by atoms with van der Waals surface area (Å²) in [5, 5.41) is 0. The van der Waals surface area contributed by atoms with Gasteiger partial charge in [0.1, 0.15) is 5.67 Å². The Bertz CT molecular complexity index is 223. The third kappa shape index (κ3) is 2.02. The van der Waals surface area contributed by atoms with Gasteiger partial charge < -0.3 is 5.73 Å². The van der Waals surface area contributed by atoms with Gasteiger partial charge in [0.05, 0.1) is 5.57 Å². The highest BCUT2D eigenvalue weighted by molar-refractivity contribution is 5.21. The first kappa shape index (κ1) is 10.5. The number of halogens is 4. The molecule has 0 saturated heterocycles. The lowest BCUT2D eigenvalue weighted by atomic mass is 9.94. The van der Waals surface area contributed by atoms with E-state index in [2.05, 4.69) is 6.58 Å². The van der Waals surface area contributed by atoms with E-state index in [-0.39, 0.29) is 19.3 Å². The van der Waals surface area contributed by atoms with Gasteiger partial charge in [0, 0.05) is 12.5 Å². The Morgan fingerprint density at radius 2 is 2.00 bits per heavy atom. The highest BCUT2D eigenvalue weighted by Gasteiger charge is 2.50. The first-order valence-corrected chi connectivity index (χ1v) is 3.97. The monoisotopic (exact) mass is 197 g/mol. The molecule has 5 heteroatoms. The summed E-state index contributed by atoms with van der Waals surface area (Å²) >= 11 is 0. The number of nitrogens with two attached hydrogens (primary N) is 1. The molecule has 0 bridgehead atoms. The summed E-state index contributed by atoms with van der Waals surface area (Å²) in [7, 11) is 0. The van der Waals surface area contributed by atoms with Gasteiger partial charge >= 0.3 is 6.18 Å². The fourth-order valence-corrected chi connectivity index (χ4v) is 1.56. The summed E-state index contributed by atoms with van der Waals surface area (Å²) in [5.74, 6) is 0. The van der Waals surface area contributed by atoms with Crippen LogP contribution in [-0.4, -0.2) is 17.9 Å². The quantitative estimate of drug-likeness (QED) is 0.506. The highest BCUT2D eigenvalue weighted by atomic mass is 19.4. The smallest absolute Gasteiger partial charge is 0.328 e. The molecule has 1 nitrogen and oxygen atoms in total.